The van der Waals surface area contributed by atoms with Gasteiger partial charge in [-0.1, -0.05) is 19.4 Å². The largest absolute Gasteiger partial charge is 0.383 e. The summed E-state index contributed by atoms with van der Waals surface area (Å²) in [6.45, 7) is 2.01. The van der Waals surface area contributed by atoms with Crippen LogP contribution in [0.3, 0.4) is 0 Å². The van der Waals surface area contributed by atoms with Crippen LogP contribution in [0.4, 0.5) is 5.82 Å². The van der Waals surface area contributed by atoms with Crippen molar-refractivity contribution >= 4 is 27.2 Å². The Balaban J connectivity index is 2.25. The molecule has 19 heavy (non-hydrogen) atoms. The molecular weight excluding hydrogens is 284 g/mol. The number of nitrogens with zero attached hydrogens (tertiary/aromatic N) is 1. The molecule has 2 aromatic heterocycles. The molecule has 4 N–H and O–H groups in total. The van der Waals surface area contributed by atoms with Crippen LogP contribution < -0.4 is 10.5 Å². The zero-order valence-corrected chi connectivity index (χ0v) is 12.1. The SMILES string of the molecule is CCCC(NS(=O)(=O)c1cn[nH]c1N)c1cccs1. The van der Waals surface area contributed by atoms with Crippen LogP contribution in [0.2, 0.25) is 0 Å². The van der Waals surface area contributed by atoms with Crippen LogP contribution in [-0.2, 0) is 10.0 Å². The summed E-state index contributed by atoms with van der Waals surface area (Å²) in [4.78, 5) is 0.984. The molecule has 0 aliphatic rings. The lowest BCUT2D eigenvalue weighted by Crippen LogP contribution is -2.28. The second-order valence-electron chi connectivity index (χ2n) is 4.13. The highest BCUT2D eigenvalue weighted by Gasteiger charge is 2.24. The van der Waals surface area contributed by atoms with Gasteiger partial charge in [0.15, 0.2) is 0 Å². The number of nitrogens with one attached hydrogen (secondary N) is 2. The summed E-state index contributed by atoms with van der Waals surface area (Å²) < 4.78 is 27.2. The molecule has 104 valence electrons. The van der Waals surface area contributed by atoms with Crippen molar-refractivity contribution in [3.63, 3.8) is 0 Å². The van der Waals surface area contributed by atoms with Gasteiger partial charge < -0.3 is 5.73 Å². The van der Waals surface area contributed by atoms with Gasteiger partial charge in [0.2, 0.25) is 10.0 Å². The quantitative estimate of drug-likeness (QED) is 0.758. The third-order valence-electron chi connectivity index (χ3n) is 2.68. The summed E-state index contributed by atoms with van der Waals surface area (Å²) in [5, 5.41) is 7.99. The van der Waals surface area contributed by atoms with E-state index in [-0.39, 0.29) is 16.8 Å². The van der Waals surface area contributed by atoms with Gasteiger partial charge in [-0.05, 0) is 17.9 Å². The van der Waals surface area contributed by atoms with Crippen molar-refractivity contribution in [3.8, 4) is 0 Å². The maximum absolute atomic E-state index is 12.2. The van der Waals surface area contributed by atoms with Gasteiger partial charge >= 0.3 is 0 Å². The third kappa shape index (κ3) is 3.14. The summed E-state index contributed by atoms with van der Waals surface area (Å²) in [6.07, 6.45) is 2.83. The van der Waals surface area contributed by atoms with Crippen LogP contribution in [0, 0.1) is 0 Å². The van der Waals surface area contributed by atoms with Crippen LogP contribution >= 0.6 is 11.3 Å². The monoisotopic (exact) mass is 300 g/mol. The molecule has 0 aliphatic carbocycles. The van der Waals surface area contributed by atoms with Gasteiger partial charge in [0.1, 0.15) is 10.7 Å². The van der Waals surface area contributed by atoms with Crippen LogP contribution in [-0.4, -0.2) is 18.6 Å². The summed E-state index contributed by atoms with van der Waals surface area (Å²) in [7, 11) is -3.66. The van der Waals surface area contributed by atoms with E-state index in [0.717, 1.165) is 17.7 Å². The number of aromatic amines is 1. The fraction of sp³-hybridized carbons (Fsp3) is 0.364. The maximum Gasteiger partial charge on any atom is 0.246 e. The van der Waals surface area contributed by atoms with Crippen molar-refractivity contribution in [1.82, 2.24) is 14.9 Å². The highest BCUT2D eigenvalue weighted by atomic mass is 32.2. The van der Waals surface area contributed by atoms with E-state index >= 15 is 0 Å². The third-order valence-corrected chi connectivity index (χ3v) is 5.17. The average molecular weight is 300 g/mol. The minimum absolute atomic E-state index is 0.00911. The van der Waals surface area contributed by atoms with Gasteiger partial charge in [0.05, 0.1) is 12.2 Å². The van der Waals surface area contributed by atoms with Crippen molar-refractivity contribution in [2.75, 3.05) is 5.73 Å². The first-order valence-corrected chi connectivity index (χ1v) is 8.25. The maximum atomic E-state index is 12.2. The molecule has 0 saturated carbocycles. The number of anilines is 1. The zero-order chi connectivity index (χ0) is 13.9. The van der Waals surface area contributed by atoms with Crippen molar-refractivity contribution in [1.29, 1.82) is 0 Å². The van der Waals surface area contributed by atoms with Crippen molar-refractivity contribution in [2.24, 2.45) is 0 Å². The molecule has 0 radical (unpaired) electrons. The highest BCUT2D eigenvalue weighted by molar-refractivity contribution is 7.89. The Morgan fingerprint density at radius 3 is 2.89 bits per heavy atom. The second-order valence-corrected chi connectivity index (χ2v) is 6.79. The van der Waals surface area contributed by atoms with E-state index in [0.29, 0.717) is 0 Å². The number of thiophene rings is 1. The van der Waals surface area contributed by atoms with E-state index in [2.05, 4.69) is 14.9 Å². The van der Waals surface area contributed by atoms with Gasteiger partial charge in [0.25, 0.3) is 0 Å². The Labute approximate surface area is 116 Å². The molecule has 6 nitrogen and oxygen atoms in total. The lowest BCUT2D eigenvalue weighted by atomic mass is 10.1. The second kappa shape index (κ2) is 5.72. The molecule has 1 unspecified atom stereocenters. The Morgan fingerprint density at radius 1 is 1.58 bits per heavy atom. The van der Waals surface area contributed by atoms with Crippen LogP contribution in [0.5, 0.6) is 0 Å². The normalized spacial score (nSPS) is 13.5. The van der Waals surface area contributed by atoms with Gasteiger partial charge in [-0.15, -0.1) is 11.3 Å². The minimum Gasteiger partial charge on any atom is -0.383 e. The van der Waals surface area contributed by atoms with Gasteiger partial charge in [-0.2, -0.15) is 5.10 Å². The first kappa shape index (κ1) is 14.0. The van der Waals surface area contributed by atoms with Gasteiger partial charge in [0, 0.05) is 4.88 Å². The molecule has 0 aromatic carbocycles. The standard InChI is InChI=1S/C11H16N4O2S2/c1-2-4-8(9-5-3-6-18-9)15-19(16,17)10-7-13-14-11(10)12/h3,5-8,15H,2,4H2,1H3,(H3,12,13,14). The predicted molar refractivity (Wildman–Crippen MR) is 75.3 cm³/mol. The molecule has 0 amide bonds. The number of aromatic nitrogens is 2. The number of rotatable bonds is 6. The van der Waals surface area contributed by atoms with E-state index in [1.54, 1.807) is 0 Å². The van der Waals surface area contributed by atoms with Crippen LogP contribution in [0.1, 0.15) is 30.7 Å². The summed E-state index contributed by atoms with van der Waals surface area (Å²) in [5.74, 6) is 0.0499. The zero-order valence-electron chi connectivity index (χ0n) is 10.5. The molecule has 0 saturated heterocycles. The van der Waals surface area contributed by atoms with Crippen LogP contribution in [0.25, 0.3) is 0 Å². The predicted octanol–water partition coefficient (Wildman–Crippen LogP) is 1.87. The first-order valence-electron chi connectivity index (χ1n) is 5.89. The minimum atomic E-state index is -3.66. The summed E-state index contributed by atoms with van der Waals surface area (Å²) in [5.41, 5.74) is 5.56. The molecule has 0 aliphatic heterocycles. The van der Waals surface area contributed by atoms with Crippen molar-refractivity contribution < 1.29 is 8.42 Å². The molecule has 0 fully saturated rings. The van der Waals surface area contributed by atoms with Crippen molar-refractivity contribution in [3.05, 3.63) is 28.6 Å². The van der Waals surface area contributed by atoms with E-state index < -0.39 is 10.0 Å². The lowest BCUT2D eigenvalue weighted by Gasteiger charge is -2.16. The molecule has 2 aromatic rings. The van der Waals surface area contributed by atoms with Crippen molar-refractivity contribution in [2.45, 2.75) is 30.7 Å². The molecule has 2 rings (SSSR count). The molecule has 2 heterocycles. The number of nitrogens with two attached hydrogens (primary N) is 1. The molecule has 0 bridgehead atoms. The fourth-order valence-corrected chi connectivity index (χ4v) is 3.95. The van der Waals surface area contributed by atoms with E-state index in [1.165, 1.54) is 17.5 Å². The first-order chi connectivity index (χ1) is 9.04. The smallest absolute Gasteiger partial charge is 0.246 e. The molecule has 1 atom stereocenters. The van der Waals surface area contributed by atoms with E-state index in [9.17, 15) is 8.42 Å². The van der Waals surface area contributed by atoms with Gasteiger partial charge in [-0.25, -0.2) is 13.1 Å². The average Bonchev–Trinajstić information content (AvgIpc) is 2.98. The topological polar surface area (TPSA) is 101 Å². The molecular formula is C11H16N4O2S2. The molecule has 0 spiro atoms. The van der Waals surface area contributed by atoms with E-state index in [4.69, 9.17) is 5.73 Å². The van der Waals surface area contributed by atoms with Gasteiger partial charge in [-0.3, -0.25) is 5.10 Å². The Bertz CT molecular complexity index is 619. The van der Waals surface area contributed by atoms with Crippen LogP contribution in [0.15, 0.2) is 28.6 Å². The lowest BCUT2D eigenvalue weighted by molar-refractivity contribution is 0.540. The Morgan fingerprint density at radius 2 is 2.37 bits per heavy atom. The number of hydrogen-bond acceptors (Lipinski definition) is 5. The number of hydrogen-bond donors (Lipinski definition) is 3. The molecule has 8 heteroatoms. The van der Waals surface area contributed by atoms with E-state index in [1.807, 2.05) is 24.4 Å². The summed E-state index contributed by atoms with van der Waals surface area (Å²) >= 11 is 1.53. The number of nitrogen functional groups attached to an aromatic ring is 1. The highest BCUT2D eigenvalue weighted by Crippen LogP contribution is 2.26. The number of H-pyrrole nitrogens is 1. The Kier molecular flexibility index (Phi) is 4.23. The fourth-order valence-electron chi connectivity index (χ4n) is 1.79. The number of sulfonamides is 1. The Hall–Kier alpha value is -1.38. The summed E-state index contributed by atoms with van der Waals surface area (Å²) in [6, 6.07) is 3.60.